The second-order valence-corrected chi connectivity index (χ2v) is 9.30. The Kier molecular flexibility index (Phi) is 3.10. The second-order valence-electron chi connectivity index (χ2n) is 9.30. The van der Waals surface area contributed by atoms with E-state index in [0.29, 0.717) is 24.7 Å². The summed E-state index contributed by atoms with van der Waals surface area (Å²) in [6.07, 6.45) is 5.43. The molecule has 3 saturated carbocycles. The molecule has 0 saturated heterocycles. The minimum absolute atomic E-state index is 0.0371. The SMILES string of the molecule is C=C1[C@@H]2CC[C@@H]3C[C@]2(C=C3C)C[C@@H](O)[C@@]2(O)[C@H]1C[C@H](O)C2(C)C. The molecular formula is C20H30O3. The molecule has 0 amide bonds. The van der Waals surface area contributed by atoms with Crippen molar-refractivity contribution >= 4 is 0 Å². The molecule has 3 fully saturated rings. The highest BCUT2D eigenvalue weighted by molar-refractivity contribution is 5.34. The minimum atomic E-state index is -1.28. The number of rotatable bonds is 0. The van der Waals surface area contributed by atoms with Crippen molar-refractivity contribution in [1.82, 2.24) is 0 Å². The summed E-state index contributed by atoms with van der Waals surface area (Å²) in [6, 6.07) is 0. The topological polar surface area (TPSA) is 60.7 Å². The summed E-state index contributed by atoms with van der Waals surface area (Å²) in [4.78, 5) is 0. The first-order valence-corrected chi connectivity index (χ1v) is 9.10. The Bertz CT molecular complexity index is 592. The van der Waals surface area contributed by atoms with Gasteiger partial charge in [0.15, 0.2) is 0 Å². The molecule has 0 aromatic carbocycles. The van der Waals surface area contributed by atoms with Crippen molar-refractivity contribution in [2.45, 2.75) is 70.7 Å². The maximum atomic E-state index is 11.6. The van der Waals surface area contributed by atoms with Crippen LogP contribution in [0, 0.1) is 28.6 Å². The van der Waals surface area contributed by atoms with Crippen molar-refractivity contribution in [3.8, 4) is 0 Å². The van der Waals surface area contributed by atoms with Crippen LogP contribution in [0.2, 0.25) is 0 Å². The van der Waals surface area contributed by atoms with E-state index in [9.17, 15) is 15.3 Å². The number of hydrogen-bond donors (Lipinski definition) is 3. The molecule has 3 heteroatoms. The normalized spacial score (nSPS) is 54.3. The first-order valence-electron chi connectivity index (χ1n) is 9.10. The van der Waals surface area contributed by atoms with E-state index >= 15 is 0 Å². The monoisotopic (exact) mass is 318 g/mol. The van der Waals surface area contributed by atoms with Gasteiger partial charge in [0.1, 0.15) is 5.60 Å². The van der Waals surface area contributed by atoms with Crippen LogP contribution in [0.1, 0.15) is 52.9 Å². The lowest BCUT2D eigenvalue weighted by Crippen LogP contribution is -2.56. The Hall–Kier alpha value is -0.640. The third kappa shape index (κ3) is 1.71. The fourth-order valence-electron chi connectivity index (χ4n) is 6.58. The molecule has 0 aromatic heterocycles. The highest BCUT2D eigenvalue weighted by atomic mass is 16.3. The minimum Gasteiger partial charge on any atom is -0.392 e. The first-order chi connectivity index (χ1) is 10.6. The van der Waals surface area contributed by atoms with Crippen LogP contribution in [0.5, 0.6) is 0 Å². The Morgan fingerprint density at radius 1 is 1.09 bits per heavy atom. The van der Waals surface area contributed by atoms with E-state index in [-0.39, 0.29) is 11.3 Å². The predicted molar refractivity (Wildman–Crippen MR) is 89.6 cm³/mol. The molecule has 128 valence electrons. The molecule has 3 nitrogen and oxygen atoms in total. The maximum absolute atomic E-state index is 11.6. The molecule has 0 heterocycles. The molecule has 0 aromatic rings. The molecule has 0 unspecified atom stereocenters. The maximum Gasteiger partial charge on any atom is 0.105 e. The highest BCUT2D eigenvalue weighted by Gasteiger charge is 2.67. The number of fused-ring (bicyclic) bond motifs is 2. The molecule has 4 aliphatic carbocycles. The Labute approximate surface area is 139 Å². The van der Waals surface area contributed by atoms with Crippen LogP contribution < -0.4 is 0 Å². The molecule has 0 aliphatic heterocycles. The van der Waals surface area contributed by atoms with E-state index in [0.717, 1.165) is 18.4 Å². The van der Waals surface area contributed by atoms with Crippen molar-refractivity contribution in [2.75, 3.05) is 0 Å². The van der Waals surface area contributed by atoms with Gasteiger partial charge in [-0.05, 0) is 56.3 Å². The zero-order chi connectivity index (χ0) is 16.8. The van der Waals surface area contributed by atoms with Crippen molar-refractivity contribution < 1.29 is 15.3 Å². The molecule has 4 aliphatic rings. The zero-order valence-electron chi connectivity index (χ0n) is 14.5. The molecule has 2 bridgehead atoms. The van der Waals surface area contributed by atoms with Crippen molar-refractivity contribution in [3.63, 3.8) is 0 Å². The highest BCUT2D eigenvalue weighted by Crippen LogP contribution is 2.66. The second kappa shape index (κ2) is 4.50. The van der Waals surface area contributed by atoms with Crippen molar-refractivity contribution in [2.24, 2.45) is 28.6 Å². The smallest absolute Gasteiger partial charge is 0.105 e. The summed E-state index contributed by atoms with van der Waals surface area (Å²) < 4.78 is 0. The van der Waals surface area contributed by atoms with E-state index in [4.69, 9.17) is 0 Å². The number of allylic oxidation sites excluding steroid dienone is 2. The van der Waals surface area contributed by atoms with E-state index in [1.807, 2.05) is 13.8 Å². The molecule has 1 spiro atoms. The fourth-order valence-corrected chi connectivity index (χ4v) is 6.58. The van der Waals surface area contributed by atoms with E-state index in [1.165, 1.54) is 12.0 Å². The average molecular weight is 318 g/mol. The van der Waals surface area contributed by atoms with E-state index in [1.54, 1.807) is 0 Å². The van der Waals surface area contributed by atoms with Gasteiger partial charge in [0, 0.05) is 11.3 Å². The van der Waals surface area contributed by atoms with Crippen LogP contribution in [-0.2, 0) is 0 Å². The van der Waals surface area contributed by atoms with Crippen LogP contribution in [0.3, 0.4) is 0 Å². The van der Waals surface area contributed by atoms with Crippen LogP contribution >= 0.6 is 0 Å². The molecule has 4 rings (SSSR count). The van der Waals surface area contributed by atoms with Gasteiger partial charge in [0.25, 0.3) is 0 Å². The Balaban J connectivity index is 1.84. The van der Waals surface area contributed by atoms with Crippen LogP contribution in [0.4, 0.5) is 0 Å². The average Bonchev–Trinajstić information content (AvgIpc) is 2.80. The summed E-state index contributed by atoms with van der Waals surface area (Å²) in [6.45, 7) is 10.4. The lowest BCUT2D eigenvalue weighted by molar-refractivity contribution is -0.167. The lowest BCUT2D eigenvalue weighted by atomic mass is 9.62. The standard InChI is InChI=1S/C20H30O3/c1-11-8-19-9-13(11)5-6-14(19)12(2)15-7-16(21)18(3,4)20(15,23)17(22)10-19/h8,13-17,21-23H,2,5-7,9-10H2,1,3-4H3/t13-,14+,15+,16+,17-,19-,20+/m1/s1. The predicted octanol–water partition coefficient (Wildman–Crippen LogP) is 2.81. The Morgan fingerprint density at radius 3 is 2.48 bits per heavy atom. The summed E-state index contributed by atoms with van der Waals surface area (Å²) >= 11 is 0. The zero-order valence-corrected chi connectivity index (χ0v) is 14.5. The quantitative estimate of drug-likeness (QED) is 0.602. The van der Waals surface area contributed by atoms with Gasteiger partial charge in [-0.3, -0.25) is 0 Å². The molecule has 7 atom stereocenters. The van der Waals surface area contributed by atoms with Crippen LogP contribution in [0.25, 0.3) is 0 Å². The van der Waals surface area contributed by atoms with Gasteiger partial charge in [0.05, 0.1) is 12.2 Å². The van der Waals surface area contributed by atoms with E-state index < -0.39 is 23.2 Å². The summed E-state index contributed by atoms with van der Waals surface area (Å²) in [5.41, 5.74) is 0.477. The van der Waals surface area contributed by atoms with Crippen LogP contribution in [0.15, 0.2) is 23.8 Å². The van der Waals surface area contributed by atoms with Crippen molar-refractivity contribution in [1.29, 1.82) is 0 Å². The van der Waals surface area contributed by atoms with Gasteiger partial charge >= 0.3 is 0 Å². The summed E-state index contributed by atoms with van der Waals surface area (Å²) in [5, 5.41) is 33.2. The number of hydrogen-bond acceptors (Lipinski definition) is 3. The van der Waals surface area contributed by atoms with Crippen molar-refractivity contribution in [3.05, 3.63) is 23.8 Å². The third-order valence-corrected chi connectivity index (χ3v) is 8.12. The molecule has 0 radical (unpaired) electrons. The summed E-state index contributed by atoms with van der Waals surface area (Å²) in [5.74, 6) is 0.751. The van der Waals surface area contributed by atoms with Gasteiger partial charge in [-0.1, -0.05) is 37.6 Å². The van der Waals surface area contributed by atoms with E-state index in [2.05, 4.69) is 19.6 Å². The van der Waals surface area contributed by atoms with Gasteiger partial charge < -0.3 is 15.3 Å². The Morgan fingerprint density at radius 2 is 1.78 bits per heavy atom. The van der Waals surface area contributed by atoms with Gasteiger partial charge in [-0.2, -0.15) is 0 Å². The largest absolute Gasteiger partial charge is 0.392 e. The van der Waals surface area contributed by atoms with Gasteiger partial charge in [-0.25, -0.2) is 0 Å². The van der Waals surface area contributed by atoms with Crippen LogP contribution in [-0.4, -0.2) is 33.1 Å². The first kappa shape index (κ1) is 15.9. The molecule has 23 heavy (non-hydrogen) atoms. The number of aliphatic hydroxyl groups excluding tert-OH is 2. The number of aliphatic hydroxyl groups is 3. The molecular weight excluding hydrogens is 288 g/mol. The fraction of sp³-hybridized carbons (Fsp3) is 0.800. The summed E-state index contributed by atoms with van der Waals surface area (Å²) in [7, 11) is 0. The van der Waals surface area contributed by atoms with Gasteiger partial charge in [-0.15, -0.1) is 0 Å². The lowest BCUT2D eigenvalue weighted by Gasteiger charge is -2.44. The molecule has 3 N–H and O–H groups in total. The third-order valence-electron chi connectivity index (χ3n) is 8.12. The van der Waals surface area contributed by atoms with Gasteiger partial charge in [0.2, 0.25) is 0 Å².